The molecule has 0 saturated heterocycles. The first kappa shape index (κ1) is 12.9. The molecule has 0 bridgehead atoms. The quantitative estimate of drug-likeness (QED) is 0.932. The summed E-state index contributed by atoms with van der Waals surface area (Å²) in [5, 5.41) is 9.58. The number of benzene rings is 1. The Morgan fingerprint density at radius 2 is 2.20 bits per heavy atom. The molecule has 1 aliphatic heterocycles. The van der Waals surface area contributed by atoms with Crippen LogP contribution in [0.5, 0.6) is 0 Å². The second-order valence-electron chi connectivity index (χ2n) is 5.19. The van der Waals surface area contributed by atoms with E-state index in [0.717, 1.165) is 35.4 Å². The van der Waals surface area contributed by atoms with Crippen molar-refractivity contribution in [2.24, 2.45) is 0 Å². The first-order valence-corrected chi connectivity index (χ1v) is 6.74. The molecule has 0 amide bonds. The normalized spacial score (nSPS) is 18.8. The molecule has 1 unspecified atom stereocenters. The zero-order valence-electron chi connectivity index (χ0n) is 11.4. The smallest absolute Gasteiger partial charge is 0.325 e. The molecule has 1 atom stereocenters. The van der Waals surface area contributed by atoms with Crippen molar-refractivity contribution in [3.05, 3.63) is 59.0 Å². The number of carboxylic acids is 1. The molecule has 0 spiro atoms. The molecule has 1 aromatic carbocycles. The van der Waals surface area contributed by atoms with Gasteiger partial charge in [-0.05, 0) is 36.1 Å². The number of nitrogens with zero attached hydrogens (tertiary/aromatic N) is 1. The minimum atomic E-state index is -0.804. The van der Waals surface area contributed by atoms with Gasteiger partial charge in [-0.15, -0.1) is 0 Å². The fraction of sp³-hybridized carbons (Fsp3) is 0.312. The monoisotopic (exact) mass is 271 g/mol. The molecule has 2 heterocycles. The van der Waals surface area contributed by atoms with Gasteiger partial charge in [0.15, 0.2) is 0 Å². The zero-order valence-corrected chi connectivity index (χ0v) is 11.4. The van der Waals surface area contributed by atoms with Crippen molar-refractivity contribution in [2.75, 3.05) is 6.54 Å². The number of hydrogen-bond acceptors (Lipinski definition) is 3. The van der Waals surface area contributed by atoms with Crippen molar-refractivity contribution in [2.45, 2.75) is 25.9 Å². The van der Waals surface area contributed by atoms with Crippen molar-refractivity contribution in [3.63, 3.8) is 0 Å². The van der Waals surface area contributed by atoms with Gasteiger partial charge in [0.25, 0.3) is 0 Å². The van der Waals surface area contributed by atoms with Gasteiger partial charge in [0.1, 0.15) is 11.8 Å². The second kappa shape index (κ2) is 5.13. The summed E-state index contributed by atoms with van der Waals surface area (Å²) < 4.78 is 5.45. The van der Waals surface area contributed by atoms with Crippen LogP contribution in [0, 0.1) is 6.92 Å². The van der Waals surface area contributed by atoms with Gasteiger partial charge in [0.05, 0.1) is 12.8 Å². The minimum Gasteiger partial charge on any atom is -0.480 e. The van der Waals surface area contributed by atoms with Gasteiger partial charge in [-0.3, -0.25) is 9.69 Å². The summed E-state index contributed by atoms with van der Waals surface area (Å²) in [4.78, 5) is 13.6. The predicted molar refractivity (Wildman–Crippen MR) is 74.4 cm³/mol. The lowest BCUT2D eigenvalue weighted by atomic mass is 9.92. The Morgan fingerprint density at radius 3 is 2.90 bits per heavy atom. The summed E-state index contributed by atoms with van der Waals surface area (Å²) >= 11 is 0. The van der Waals surface area contributed by atoms with E-state index < -0.39 is 12.0 Å². The van der Waals surface area contributed by atoms with E-state index in [0.29, 0.717) is 6.54 Å². The Bertz CT molecular complexity index is 632. The average Bonchev–Trinajstić information content (AvgIpc) is 2.83. The van der Waals surface area contributed by atoms with E-state index >= 15 is 0 Å². The van der Waals surface area contributed by atoms with Crippen LogP contribution in [0.3, 0.4) is 0 Å². The van der Waals surface area contributed by atoms with E-state index in [1.807, 2.05) is 42.2 Å². The lowest BCUT2D eigenvalue weighted by molar-refractivity contribution is -0.144. The van der Waals surface area contributed by atoms with Crippen LogP contribution in [0.15, 0.2) is 41.0 Å². The van der Waals surface area contributed by atoms with Crippen molar-refractivity contribution < 1.29 is 14.3 Å². The van der Waals surface area contributed by atoms with Crippen molar-refractivity contribution in [1.29, 1.82) is 0 Å². The number of carbonyl (C=O) groups is 1. The van der Waals surface area contributed by atoms with Crippen LogP contribution in [0.2, 0.25) is 0 Å². The van der Waals surface area contributed by atoms with Crippen LogP contribution in [0.4, 0.5) is 0 Å². The topological polar surface area (TPSA) is 53.7 Å². The van der Waals surface area contributed by atoms with Gasteiger partial charge < -0.3 is 9.52 Å². The molecule has 2 aromatic rings. The highest BCUT2D eigenvalue weighted by Crippen LogP contribution is 2.31. The number of fused-ring (bicyclic) bond motifs is 1. The molecular formula is C16H17NO3. The lowest BCUT2D eigenvalue weighted by Gasteiger charge is -2.34. The van der Waals surface area contributed by atoms with Crippen LogP contribution in [-0.2, 0) is 17.8 Å². The van der Waals surface area contributed by atoms with E-state index in [4.69, 9.17) is 4.42 Å². The molecule has 0 aliphatic carbocycles. The molecular weight excluding hydrogens is 254 g/mol. The lowest BCUT2D eigenvalue weighted by Crippen LogP contribution is -2.39. The van der Waals surface area contributed by atoms with Gasteiger partial charge in [0, 0.05) is 6.54 Å². The van der Waals surface area contributed by atoms with Gasteiger partial charge in [-0.1, -0.05) is 24.3 Å². The van der Waals surface area contributed by atoms with Crippen LogP contribution >= 0.6 is 0 Å². The summed E-state index contributed by atoms with van der Waals surface area (Å²) in [5.41, 5.74) is 3.09. The summed E-state index contributed by atoms with van der Waals surface area (Å²) in [6.45, 7) is 3.24. The summed E-state index contributed by atoms with van der Waals surface area (Å²) in [5.74, 6) is 0.0389. The largest absolute Gasteiger partial charge is 0.480 e. The molecule has 1 N–H and O–H groups in total. The van der Waals surface area contributed by atoms with Crippen molar-refractivity contribution in [3.8, 4) is 0 Å². The number of rotatable bonds is 3. The van der Waals surface area contributed by atoms with Gasteiger partial charge >= 0.3 is 5.97 Å². The number of hydrogen-bond donors (Lipinski definition) is 1. The van der Waals surface area contributed by atoms with E-state index in [-0.39, 0.29) is 0 Å². The number of aliphatic carboxylic acids is 1. The summed E-state index contributed by atoms with van der Waals surface area (Å²) in [7, 11) is 0. The fourth-order valence-electron chi connectivity index (χ4n) is 2.83. The molecule has 0 fully saturated rings. The zero-order chi connectivity index (χ0) is 14.1. The molecule has 4 heteroatoms. The molecule has 3 rings (SSSR count). The number of furan rings is 1. The highest BCUT2D eigenvalue weighted by Gasteiger charge is 2.33. The maximum absolute atomic E-state index is 11.7. The second-order valence-corrected chi connectivity index (χ2v) is 5.19. The van der Waals surface area contributed by atoms with E-state index in [9.17, 15) is 9.90 Å². The summed E-state index contributed by atoms with van der Waals surface area (Å²) in [6, 6.07) is 9.10. The van der Waals surface area contributed by atoms with Gasteiger partial charge in [-0.2, -0.15) is 0 Å². The van der Waals surface area contributed by atoms with Crippen LogP contribution in [-0.4, -0.2) is 22.5 Å². The first-order chi connectivity index (χ1) is 9.66. The van der Waals surface area contributed by atoms with Crippen molar-refractivity contribution in [1.82, 2.24) is 4.90 Å². The van der Waals surface area contributed by atoms with E-state index in [1.165, 1.54) is 0 Å². The van der Waals surface area contributed by atoms with Gasteiger partial charge in [-0.25, -0.2) is 0 Å². The molecule has 0 radical (unpaired) electrons. The Balaban J connectivity index is 1.92. The molecule has 104 valence electrons. The van der Waals surface area contributed by atoms with Gasteiger partial charge in [0.2, 0.25) is 0 Å². The molecule has 1 aliphatic rings. The third-order valence-corrected chi connectivity index (χ3v) is 3.93. The molecule has 20 heavy (non-hydrogen) atoms. The maximum Gasteiger partial charge on any atom is 0.325 e. The summed E-state index contributed by atoms with van der Waals surface area (Å²) in [6.07, 6.45) is 2.53. The van der Waals surface area contributed by atoms with Crippen molar-refractivity contribution >= 4 is 5.97 Å². The molecule has 1 aromatic heterocycles. The van der Waals surface area contributed by atoms with E-state index in [1.54, 1.807) is 6.26 Å². The highest BCUT2D eigenvalue weighted by atomic mass is 16.4. The van der Waals surface area contributed by atoms with Crippen LogP contribution < -0.4 is 0 Å². The standard InChI is InChI=1S/C16H17NO3/c1-11-7-9-20-14(11)10-17-8-6-12-4-2-3-5-13(12)15(17)16(18)19/h2-5,7,9,15H,6,8,10H2,1H3,(H,18,19). The van der Waals surface area contributed by atoms with Crippen LogP contribution in [0.1, 0.15) is 28.5 Å². The third kappa shape index (κ3) is 2.23. The third-order valence-electron chi connectivity index (χ3n) is 3.93. The minimum absolute atomic E-state index is 0.532. The van der Waals surface area contributed by atoms with E-state index in [2.05, 4.69) is 0 Å². The Hall–Kier alpha value is -2.07. The Morgan fingerprint density at radius 1 is 1.40 bits per heavy atom. The SMILES string of the molecule is Cc1ccoc1CN1CCc2ccccc2C1C(=O)O. The molecule has 4 nitrogen and oxygen atoms in total. The maximum atomic E-state index is 11.7. The average molecular weight is 271 g/mol. The van der Waals surface area contributed by atoms with Crippen LogP contribution in [0.25, 0.3) is 0 Å². The first-order valence-electron chi connectivity index (χ1n) is 6.74. The highest BCUT2D eigenvalue weighted by molar-refractivity contribution is 5.76. The molecule has 0 saturated carbocycles. The fourth-order valence-corrected chi connectivity index (χ4v) is 2.83. The Labute approximate surface area is 117 Å². The predicted octanol–water partition coefficient (Wildman–Crippen LogP) is 2.77. The Kier molecular flexibility index (Phi) is 3.32. The number of aryl methyl sites for hydroxylation is 1. The number of carboxylic acid groups (broad SMARTS) is 1.